The van der Waals surface area contributed by atoms with Gasteiger partial charge in [-0.3, -0.25) is 4.98 Å². The number of hydrogen-bond donors (Lipinski definition) is 3. The summed E-state index contributed by atoms with van der Waals surface area (Å²) < 4.78 is 24.1. The van der Waals surface area contributed by atoms with Gasteiger partial charge in [0.05, 0.1) is 30.2 Å². The second-order valence-corrected chi connectivity index (χ2v) is 10.8. The van der Waals surface area contributed by atoms with Crippen molar-refractivity contribution in [1.82, 2.24) is 14.8 Å². The number of carbonyl (C=O) groups is 1. The minimum Gasteiger partial charge on any atom is -0.475 e. The zero-order valence-corrected chi connectivity index (χ0v) is 17.9. The highest BCUT2D eigenvalue weighted by Crippen LogP contribution is 2.58. The maximum Gasteiger partial charge on any atom is 0.354 e. The first-order chi connectivity index (χ1) is 14.9. The van der Waals surface area contributed by atoms with Gasteiger partial charge < -0.3 is 15.8 Å². The molecule has 31 heavy (non-hydrogen) atoms. The molecule has 3 heterocycles. The molecule has 2 atom stereocenters. The SMILES string of the molecule is NC1COc2c(S(N)(=O)=NC(=O)Nc3c4c(nc5c3CCC53CC3)CCC4)cnn2C1. The zero-order valence-electron chi connectivity index (χ0n) is 17.1. The molecule has 11 heteroatoms. The molecule has 0 saturated heterocycles. The Morgan fingerprint density at radius 1 is 1.29 bits per heavy atom. The van der Waals surface area contributed by atoms with Crippen LogP contribution in [0.5, 0.6) is 5.88 Å². The number of ether oxygens (including phenoxy) is 1. The van der Waals surface area contributed by atoms with E-state index in [0.717, 1.165) is 73.1 Å². The highest BCUT2D eigenvalue weighted by atomic mass is 32.2. The summed E-state index contributed by atoms with van der Waals surface area (Å²) in [4.78, 5) is 18.0. The number of aromatic nitrogens is 3. The summed E-state index contributed by atoms with van der Waals surface area (Å²) in [6.45, 7) is 0.686. The molecule has 3 aliphatic carbocycles. The van der Waals surface area contributed by atoms with Crippen molar-refractivity contribution in [2.24, 2.45) is 15.2 Å². The number of nitrogens with two attached hydrogens (primary N) is 2. The number of fused-ring (bicyclic) bond motifs is 4. The van der Waals surface area contributed by atoms with Crippen LogP contribution in [0.1, 0.15) is 48.2 Å². The largest absolute Gasteiger partial charge is 0.475 e. The third kappa shape index (κ3) is 2.98. The van der Waals surface area contributed by atoms with Crippen LogP contribution in [0.2, 0.25) is 0 Å². The van der Waals surface area contributed by atoms with Crippen LogP contribution >= 0.6 is 0 Å². The van der Waals surface area contributed by atoms with Gasteiger partial charge in [0.15, 0.2) is 9.92 Å². The number of nitrogens with one attached hydrogen (secondary N) is 1. The number of amides is 2. The highest BCUT2D eigenvalue weighted by molar-refractivity contribution is 7.91. The van der Waals surface area contributed by atoms with Crippen molar-refractivity contribution in [3.8, 4) is 5.88 Å². The molecule has 10 nitrogen and oxygen atoms in total. The van der Waals surface area contributed by atoms with Gasteiger partial charge in [0.25, 0.3) is 0 Å². The number of urea groups is 1. The van der Waals surface area contributed by atoms with E-state index in [-0.39, 0.29) is 28.8 Å². The molecule has 2 amide bonds. The first kappa shape index (κ1) is 19.2. The van der Waals surface area contributed by atoms with Crippen molar-refractivity contribution >= 4 is 21.6 Å². The summed E-state index contributed by atoms with van der Waals surface area (Å²) in [7, 11) is -3.54. The van der Waals surface area contributed by atoms with Crippen LogP contribution in [0.3, 0.4) is 0 Å². The van der Waals surface area contributed by atoms with Crippen molar-refractivity contribution in [3.63, 3.8) is 0 Å². The van der Waals surface area contributed by atoms with Gasteiger partial charge in [-0.25, -0.2) is 18.8 Å². The van der Waals surface area contributed by atoms with Gasteiger partial charge in [-0.15, -0.1) is 4.36 Å². The summed E-state index contributed by atoms with van der Waals surface area (Å²) in [5.74, 6) is 0.257. The van der Waals surface area contributed by atoms with E-state index >= 15 is 0 Å². The van der Waals surface area contributed by atoms with Gasteiger partial charge in [0.1, 0.15) is 11.5 Å². The van der Waals surface area contributed by atoms with Gasteiger partial charge in [-0.05, 0) is 56.1 Å². The molecule has 0 radical (unpaired) electrons. The quantitative estimate of drug-likeness (QED) is 0.638. The minimum atomic E-state index is -3.54. The minimum absolute atomic E-state index is 0.108. The number of carbonyl (C=O) groups excluding carboxylic acids is 1. The van der Waals surface area contributed by atoms with Crippen LogP contribution in [0, 0.1) is 0 Å². The Kier molecular flexibility index (Phi) is 4.03. The Hall–Kier alpha value is -2.50. The molecule has 2 aromatic heterocycles. The first-order valence-corrected chi connectivity index (χ1v) is 12.3. The molecule has 2 aromatic rings. The monoisotopic (exact) mass is 443 g/mol. The molecule has 164 valence electrons. The normalized spacial score (nSPS) is 24.0. The van der Waals surface area contributed by atoms with E-state index in [1.807, 2.05) is 0 Å². The van der Waals surface area contributed by atoms with Crippen LogP contribution in [0.25, 0.3) is 0 Å². The molecular formula is C20H25N7O3S. The number of anilines is 1. The fraction of sp³-hybridized carbons (Fsp3) is 0.550. The molecule has 6 rings (SSSR count). The second kappa shape index (κ2) is 6.50. The summed E-state index contributed by atoms with van der Waals surface area (Å²) >= 11 is 0. The Labute approximate surface area is 180 Å². The summed E-state index contributed by atoms with van der Waals surface area (Å²) in [6, 6.07) is -0.931. The van der Waals surface area contributed by atoms with E-state index in [0.29, 0.717) is 6.54 Å². The van der Waals surface area contributed by atoms with Crippen LogP contribution in [0.15, 0.2) is 15.5 Å². The lowest BCUT2D eigenvalue weighted by Gasteiger charge is -2.21. The summed E-state index contributed by atoms with van der Waals surface area (Å²) in [5, 5.41) is 13.1. The number of nitrogens with zero attached hydrogens (tertiary/aromatic N) is 4. The van der Waals surface area contributed by atoms with E-state index < -0.39 is 15.9 Å². The maximum absolute atomic E-state index is 13.2. The van der Waals surface area contributed by atoms with Gasteiger partial charge in [0.2, 0.25) is 5.88 Å². The molecule has 1 saturated carbocycles. The van der Waals surface area contributed by atoms with Crippen LogP contribution < -0.4 is 20.9 Å². The predicted molar refractivity (Wildman–Crippen MR) is 113 cm³/mol. The standard InChI is InChI=1S/C20H25N7O3S/c21-11-9-27-18(30-10-11)15(8-23-27)31(22,29)26-19(28)25-16-12-2-1-3-14(12)24-17-13(16)4-5-20(17)6-7-20/h8,11H,1-7,9-10,21H2,(H3,22,24,25,26,28,29). The van der Waals surface area contributed by atoms with Gasteiger partial charge in [-0.2, -0.15) is 5.10 Å². The van der Waals surface area contributed by atoms with E-state index in [1.165, 1.54) is 10.9 Å². The topological polar surface area (TPSA) is 151 Å². The molecule has 1 aliphatic heterocycles. The Bertz CT molecular complexity index is 1240. The number of aryl methyl sites for hydroxylation is 1. The lowest BCUT2D eigenvalue weighted by Crippen LogP contribution is -2.37. The van der Waals surface area contributed by atoms with Crippen LogP contribution in [0.4, 0.5) is 10.5 Å². The van der Waals surface area contributed by atoms with E-state index in [4.69, 9.17) is 20.6 Å². The van der Waals surface area contributed by atoms with Crippen molar-refractivity contribution in [2.45, 2.75) is 67.8 Å². The number of rotatable bonds is 2. The zero-order chi connectivity index (χ0) is 21.4. The third-order valence-electron chi connectivity index (χ3n) is 6.90. The van der Waals surface area contributed by atoms with Crippen LogP contribution in [-0.2, 0) is 41.1 Å². The van der Waals surface area contributed by atoms with E-state index in [2.05, 4.69) is 14.8 Å². The number of pyridine rings is 1. The first-order valence-electron chi connectivity index (χ1n) is 10.7. The Balaban J connectivity index is 1.35. The second-order valence-electron chi connectivity index (χ2n) is 9.03. The number of hydrogen-bond acceptors (Lipinski definition) is 6. The van der Waals surface area contributed by atoms with Gasteiger partial charge in [-0.1, -0.05) is 0 Å². The molecule has 0 bridgehead atoms. The summed E-state index contributed by atoms with van der Waals surface area (Å²) in [5.41, 5.74) is 11.3. The average molecular weight is 444 g/mol. The van der Waals surface area contributed by atoms with Crippen molar-refractivity contribution in [2.75, 3.05) is 11.9 Å². The highest BCUT2D eigenvalue weighted by Gasteiger charge is 2.51. The summed E-state index contributed by atoms with van der Waals surface area (Å²) in [6.07, 6.45) is 8.46. The fourth-order valence-electron chi connectivity index (χ4n) is 5.17. The Morgan fingerprint density at radius 3 is 2.94 bits per heavy atom. The molecule has 2 unspecified atom stereocenters. The third-order valence-corrected chi connectivity index (χ3v) is 8.25. The molecule has 1 fully saturated rings. The van der Waals surface area contributed by atoms with Crippen molar-refractivity contribution < 1.29 is 13.7 Å². The molecule has 4 aliphatic rings. The lowest BCUT2D eigenvalue weighted by molar-refractivity contribution is 0.200. The predicted octanol–water partition coefficient (Wildman–Crippen LogP) is 1.40. The average Bonchev–Trinajstić information content (AvgIpc) is 3.04. The van der Waals surface area contributed by atoms with Crippen LogP contribution in [-0.4, -0.2) is 37.7 Å². The molecular weight excluding hydrogens is 418 g/mol. The molecule has 0 aromatic carbocycles. The lowest BCUT2D eigenvalue weighted by atomic mass is 10.0. The van der Waals surface area contributed by atoms with Crippen molar-refractivity contribution in [1.29, 1.82) is 0 Å². The smallest absolute Gasteiger partial charge is 0.354 e. The Morgan fingerprint density at radius 2 is 2.13 bits per heavy atom. The molecule has 5 N–H and O–H groups in total. The van der Waals surface area contributed by atoms with Gasteiger partial charge in [0, 0.05) is 11.1 Å². The van der Waals surface area contributed by atoms with E-state index in [1.54, 1.807) is 0 Å². The molecule has 1 spiro atoms. The fourth-order valence-corrected chi connectivity index (χ4v) is 6.18. The van der Waals surface area contributed by atoms with E-state index in [9.17, 15) is 9.00 Å². The van der Waals surface area contributed by atoms with Gasteiger partial charge >= 0.3 is 6.03 Å². The maximum atomic E-state index is 13.2. The van der Waals surface area contributed by atoms with Crippen molar-refractivity contribution in [3.05, 3.63) is 28.7 Å².